The zero-order valence-corrected chi connectivity index (χ0v) is 9.57. The maximum Gasteiger partial charge on any atom is 0.218 e. The van der Waals surface area contributed by atoms with E-state index < -0.39 is 0 Å². The number of nitrogens with zero attached hydrogens (tertiary/aromatic N) is 2. The van der Waals surface area contributed by atoms with Gasteiger partial charge in [-0.3, -0.25) is 0 Å². The molecule has 5 heteroatoms. The number of aryl methyl sites for hydroxylation is 1. The third kappa shape index (κ3) is 3.71. The second-order valence-electron chi connectivity index (χ2n) is 3.34. The molecule has 0 amide bonds. The van der Waals surface area contributed by atoms with Crippen LogP contribution >= 0.6 is 0 Å². The topological polar surface area (TPSA) is 56.3 Å². The highest BCUT2D eigenvalue weighted by Crippen LogP contribution is 2.13. The van der Waals surface area contributed by atoms with Crippen molar-refractivity contribution in [2.45, 2.75) is 19.9 Å². The van der Waals surface area contributed by atoms with Crippen molar-refractivity contribution >= 4 is 5.82 Å². The third-order valence-corrected chi connectivity index (χ3v) is 1.83. The minimum absolute atomic E-state index is 0.203. The Morgan fingerprint density at radius 2 is 2.13 bits per heavy atom. The van der Waals surface area contributed by atoms with E-state index in [1.165, 1.54) is 0 Å². The van der Waals surface area contributed by atoms with E-state index in [0.29, 0.717) is 18.3 Å². The van der Waals surface area contributed by atoms with Gasteiger partial charge in [0, 0.05) is 19.2 Å². The molecule has 0 saturated heterocycles. The highest BCUT2D eigenvalue weighted by atomic mass is 16.5. The molecule has 0 aliphatic rings. The summed E-state index contributed by atoms with van der Waals surface area (Å²) in [4.78, 5) is 8.35. The lowest BCUT2D eigenvalue weighted by atomic mass is 10.3. The molecule has 0 aromatic carbocycles. The van der Waals surface area contributed by atoms with Gasteiger partial charge in [-0.1, -0.05) is 0 Å². The Morgan fingerprint density at radius 1 is 1.40 bits per heavy atom. The summed E-state index contributed by atoms with van der Waals surface area (Å²) in [5.74, 6) is 2.00. The Balaban J connectivity index is 2.71. The number of aromatic nitrogens is 2. The van der Waals surface area contributed by atoms with Crippen LogP contribution in [0.15, 0.2) is 6.07 Å². The van der Waals surface area contributed by atoms with E-state index in [4.69, 9.17) is 9.47 Å². The minimum Gasteiger partial charge on any atom is -0.481 e. The van der Waals surface area contributed by atoms with E-state index in [1.807, 2.05) is 13.8 Å². The Hall–Kier alpha value is -1.36. The number of nitrogens with one attached hydrogen (secondary N) is 1. The summed E-state index contributed by atoms with van der Waals surface area (Å²) >= 11 is 0. The maximum absolute atomic E-state index is 5.05. The molecule has 0 aliphatic heterocycles. The lowest BCUT2D eigenvalue weighted by Crippen LogP contribution is -2.21. The van der Waals surface area contributed by atoms with Crippen molar-refractivity contribution in [3.05, 3.63) is 11.9 Å². The van der Waals surface area contributed by atoms with Gasteiger partial charge in [-0.2, -0.15) is 4.98 Å². The summed E-state index contributed by atoms with van der Waals surface area (Å²) in [5.41, 5.74) is 0. The standard InChI is InChI=1S/C10H17N3O2/c1-7(6-14-3)11-9-5-10(15-4)13-8(2)12-9/h5,7H,6H2,1-4H3,(H,11,12,13). The van der Waals surface area contributed by atoms with Crippen molar-refractivity contribution in [1.82, 2.24) is 9.97 Å². The first-order valence-electron chi connectivity index (χ1n) is 4.81. The SMILES string of the molecule is COCC(C)Nc1cc(OC)nc(C)n1. The Kier molecular flexibility index (Phi) is 4.30. The Bertz CT molecular complexity index is 318. The zero-order valence-electron chi connectivity index (χ0n) is 9.57. The normalized spacial score (nSPS) is 12.3. The number of hydrogen-bond acceptors (Lipinski definition) is 5. The van der Waals surface area contributed by atoms with E-state index in [1.54, 1.807) is 20.3 Å². The fourth-order valence-corrected chi connectivity index (χ4v) is 1.26. The number of hydrogen-bond donors (Lipinski definition) is 1. The van der Waals surface area contributed by atoms with Crippen LogP contribution in [0.25, 0.3) is 0 Å². The summed E-state index contributed by atoms with van der Waals surface area (Å²) in [7, 11) is 3.26. The Labute approximate surface area is 89.8 Å². The highest BCUT2D eigenvalue weighted by Gasteiger charge is 2.05. The second kappa shape index (κ2) is 5.50. The molecule has 1 aromatic rings. The van der Waals surface area contributed by atoms with Crippen LogP contribution in [0.3, 0.4) is 0 Å². The van der Waals surface area contributed by atoms with Crippen molar-refractivity contribution in [1.29, 1.82) is 0 Å². The molecule has 0 radical (unpaired) electrons. The molecule has 5 nitrogen and oxygen atoms in total. The van der Waals surface area contributed by atoms with E-state index in [0.717, 1.165) is 5.82 Å². The molecule has 0 spiro atoms. The van der Waals surface area contributed by atoms with Gasteiger partial charge in [-0.25, -0.2) is 4.98 Å². The van der Waals surface area contributed by atoms with E-state index in [9.17, 15) is 0 Å². The summed E-state index contributed by atoms with van der Waals surface area (Å²) < 4.78 is 10.1. The van der Waals surface area contributed by atoms with Gasteiger partial charge >= 0.3 is 0 Å². The predicted octanol–water partition coefficient (Wildman–Crippen LogP) is 1.24. The molecule has 0 saturated carbocycles. The van der Waals surface area contributed by atoms with Gasteiger partial charge in [0.25, 0.3) is 0 Å². The van der Waals surface area contributed by atoms with Crippen LogP contribution in [-0.2, 0) is 4.74 Å². The molecule has 0 aliphatic carbocycles. The van der Waals surface area contributed by atoms with Crippen LogP contribution in [-0.4, -0.2) is 36.8 Å². The fraction of sp³-hybridized carbons (Fsp3) is 0.600. The van der Waals surface area contributed by atoms with Crippen LogP contribution in [0.5, 0.6) is 5.88 Å². The van der Waals surface area contributed by atoms with Crippen molar-refractivity contribution in [2.75, 3.05) is 26.1 Å². The van der Waals surface area contributed by atoms with Crippen molar-refractivity contribution in [3.8, 4) is 5.88 Å². The molecule has 1 N–H and O–H groups in total. The van der Waals surface area contributed by atoms with Gasteiger partial charge in [0.2, 0.25) is 5.88 Å². The van der Waals surface area contributed by atoms with E-state index in [-0.39, 0.29) is 6.04 Å². The molecule has 1 aromatic heterocycles. The van der Waals surface area contributed by atoms with Crippen LogP contribution in [0.2, 0.25) is 0 Å². The van der Waals surface area contributed by atoms with Crippen LogP contribution < -0.4 is 10.1 Å². The van der Waals surface area contributed by atoms with Crippen LogP contribution in [0.1, 0.15) is 12.7 Å². The minimum atomic E-state index is 0.203. The van der Waals surface area contributed by atoms with Gasteiger partial charge in [-0.05, 0) is 13.8 Å². The van der Waals surface area contributed by atoms with Gasteiger partial charge in [0.15, 0.2) is 0 Å². The van der Waals surface area contributed by atoms with Gasteiger partial charge in [-0.15, -0.1) is 0 Å². The average Bonchev–Trinajstić information content (AvgIpc) is 2.17. The maximum atomic E-state index is 5.05. The van der Waals surface area contributed by atoms with Crippen molar-refractivity contribution in [2.24, 2.45) is 0 Å². The van der Waals surface area contributed by atoms with E-state index >= 15 is 0 Å². The summed E-state index contributed by atoms with van der Waals surface area (Å²) in [6, 6.07) is 1.97. The monoisotopic (exact) mass is 211 g/mol. The molecule has 15 heavy (non-hydrogen) atoms. The lowest BCUT2D eigenvalue weighted by molar-refractivity contribution is 0.190. The molecule has 1 atom stereocenters. The molecule has 0 fully saturated rings. The number of anilines is 1. The second-order valence-corrected chi connectivity index (χ2v) is 3.34. The molecule has 1 heterocycles. The summed E-state index contributed by atoms with van der Waals surface area (Å²) in [6.45, 7) is 4.48. The lowest BCUT2D eigenvalue weighted by Gasteiger charge is -2.14. The number of rotatable bonds is 5. The van der Waals surface area contributed by atoms with Crippen molar-refractivity contribution < 1.29 is 9.47 Å². The van der Waals surface area contributed by atoms with Gasteiger partial charge in [0.05, 0.1) is 13.7 Å². The molecule has 1 unspecified atom stereocenters. The summed E-state index contributed by atoms with van der Waals surface area (Å²) in [5, 5.41) is 3.20. The first-order valence-corrected chi connectivity index (χ1v) is 4.81. The highest BCUT2D eigenvalue weighted by molar-refractivity contribution is 5.39. The first-order chi connectivity index (χ1) is 7.15. The largest absolute Gasteiger partial charge is 0.481 e. The first kappa shape index (κ1) is 11.7. The molecular formula is C10H17N3O2. The summed E-state index contributed by atoms with van der Waals surface area (Å²) in [6.07, 6.45) is 0. The van der Waals surface area contributed by atoms with Crippen molar-refractivity contribution in [3.63, 3.8) is 0 Å². The quantitative estimate of drug-likeness (QED) is 0.794. The molecular weight excluding hydrogens is 194 g/mol. The number of ether oxygens (including phenoxy) is 2. The smallest absolute Gasteiger partial charge is 0.218 e. The molecule has 0 bridgehead atoms. The molecule has 1 rings (SSSR count). The van der Waals surface area contributed by atoms with Gasteiger partial charge < -0.3 is 14.8 Å². The number of methoxy groups -OCH3 is 2. The fourth-order valence-electron chi connectivity index (χ4n) is 1.26. The van der Waals surface area contributed by atoms with Gasteiger partial charge in [0.1, 0.15) is 11.6 Å². The van der Waals surface area contributed by atoms with E-state index in [2.05, 4.69) is 15.3 Å². The Morgan fingerprint density at radius 3 is 2.73 bits per heavy atom. The van der Waals surface area contributed by atoms with Crippen LogP contribution in [0.4, 0.5) is 5.82 Å². The average molecular weight is 211 g/mol. The third-order valence-electron chi connectivity index (χ3n) is 1.83. The predicted molar refractivity (Wildman–Crippen MR) is 58.3 cm³/mol. The molecule has 84 valence electrons. The van der Waals surface area contributed by atoms with Crippen LogP contribution in [0, 0.1) is 6.92 Å². The zero-order chi connectivity index (χ0) is 11.3.